The average Bonchev–Trinajstić information content (AvgIpc) is 2.98. The first-order chi connectivity index (χ1) is 11.2. The van der Waals surface area contributed by atoms with Crippen molar-refractivity contribution in [2.45, 2.75) is 25.6 Å². The van der Waals surface area contributed by atoms with Gasteiger partial charge in [-0.1, -0.05) is 29.5 Å². The maximum Gasteiger partial charge on any atom is 0.208 e. The van der Waals surface area contributed by atoms with Crippen molar-refractivity contribution in [1.82, 2.24) is 10.2 Å². The summed E-state index contributed by atoms with van der Waals surface area (Å²) >= 11 is 1.51. The molecule has 0 saturated carbocycles. The van der Waals surface area contributed by atoms with Crippen LogP contribution in [0.1, 0.15) is 17.5 Å². The van der Waals surface area contributed by atoms with Crippen molar-refractivity contribution in [3.8, 4) is 0 Å². The van der Waals surface area contributed by atoms with Crippen LogP contribution in [0.25, 0.3) is 0 Å². The normalized spacial score (nSPS) is 21.6. The molecule has 0 bridgehead atoms. The van der Waals surface area contributed by atoms with Crippen molar-refractivity contribution in [2.75, 3.05) is 31.7 Å². The van der Waals surface area contributed by atoms with E-state index in [4.69, 9.17) is 9.47 Å². The maximum absolute atomic E-state index is 13.7. The van der Waals surface area contributed by atoms with Crippen LogP contribution in [0.5, 0.6) is 0 Å². The molecule has 0 spiro atoms. The van der Waals surface area contributed by atoms with Crippen LogP contribution >= 0.6 is 11.3 Å². The zero-order chi connectivity index (χ0) is 16.2. The number of hydrogen-bond acceptors (Lipinski definition) is 6. The Balaban J connectivity index is 1.70. The Bertz CT molecular complexity index is 652. The van der Waals surface area contributed by atoms with Crippen LogP contribution in [0, 0.1) is 5.82 Å². The van der Waals surface area contributed by atoms with Gasteiger partial charge in [0, 0.05) is 26.6 Å². The highest BCUT2D eigenvalue weighted by molar-refractivity contribution is 7.15. The van der Waals surface area contributed by atoms with Crippen molar-refractivity contribution in [1.29, 1.82) is 0 Å². The lowest BCUT2D eigenvalue weighted by Gasteiger charge is -2.36. The van der Waals surface area contributed by atoms with Gasteiger partial charge in [-0.15, -0.1) is 10.2 Å². The molecule has 2 atom stereocenters. The number of hydrogen-bond donors (Lipinski definition) is 0. The number of benzene rings is 1. The lowest BCUT2D eigenvalue weighted by Crippen LogP contribution is -2.48. The first kappa shape index (κ1) is 16.3. The van der Waals surface area contributed by atoms with E-state index in [-0.39, 0.29) is 18.0 Å². The quantitative estimate of drug-likeness (QED) is 0.839. The second-order valence-electron chi connectivity index (χ2n) is 5.68. The fraction of sp³-hybridized carbons (Fsp3) is 0.500. The molecule has 1 aromatic heterocycles. The van der Waals surface area contributed by atoms with Crippen molar-refractivity contribution in [3.05, 3.63) is 40.7 Å². The summed E-state index contributed by atoms with van der Waals surface area (Å²) in [7, 11) is 1.67. The van der Waals surface area contributed by atoms with Gasteiger partial charge in [-0.05, 0) is 18.6 Å². The van der Waals surface area contributed by atoms with Gasteiger partial charge in [-0.2, -0.15) is 0 Å². The Kier molecular flexibility index (Phi) is 5.20. The van der Waals surface area contributed by atoms with Gasteiger partial charge in [0.05, 0.1) is 18.8 Å². The largest absolute Gasteiger partial charge is 0.382 e. The van der Waals surface area contributed by atoms with Crippen LogP contribution in [-0.2, 0) is 15.9 Å². The molecule has 1 aliphatic heterocycles. The minimum atomic E-state index is -0.204. The number of anilines is 1. The minimum absolute atomic E-state index is 0.0302. The molecule has 5 nitrogen and oxygen atoms in total. The number of nitrogens with zero attached hydrogens (tertiary/aromatic N) is 3. The fourth-order valence-corrected chi connectivity index (χ4v) is 3.61. The number of ether oxygens (including phenoxy) is 2. The van der Waals surface area contributed by atoms with Crippen LogP contribution in [0.2, 0.25) is 0 Å². The molecule has 1 aromatic carbocycles. The third-order valence-corrected chi connectivity index (χ3v) is 4.69. The van der Waals surface area contributed by atoms with E-state index in [1.54, 1.807) is 19.2 Å². The van der Waals surface area contributed by atoms with Gasteiger partial charge in [0.25, 0.3) is 0 Å². The number of aromatic nitrogens is 2. The first-order valence-corrected chi connectivity index (χ1v) is 8.42. The second kappa shape index (κ2) is 7.33. The van der Waals surface area contributed by atoms with Crippen LogP contribution in [0.15, 0.2) is 24.3 Å². The highest BCUT2D eigenvalue weighted by Crippen LogP contribution is 2.26. The van der Waals surface area contributed by atoms with Gasteiger partial charge in [0.1, 0.15) is 10.8 Å². The molecule has 3 rings (SSSR count). The zero-order valence-corrected chi connectivity index (χ0v) is 14.1. The molecule has 0 amide bonds. The van der Waals surface area contributed by atoms with E-state index in [0.29, 0.717) is 18.6 Å². The highest BCUT2D eigenvalue weighted by Gasteiger charge is 2.27. The molecule has 124 valence electrons. The molecule has 0 aliphatic carbocycles. The van der Waals surface area contributed by atoms with Crippen LogP contribution in [0.3, 0.4) is 0 Å². The monoisotopic (exact) mass is 337 g/mol. The Morgan fingerprint density at radius 3 is 2.96 bits per heavy atom. The van der Waals surface area contributed by atoms with Crippen LogP contribution < -0.4 is 4.90 Å². The van der Waals surface area contributed by atoms with E-state index in [1.165, 1.54) is 17.4 Å². The van der Waals surface area contributed by atoms with E-state index < -0.39 is 0 Å². The summed E-state index contributed by atoms with van der Waals surface area (Å²) in [6.45, 7) is 4.10. The molecule has 2 aromatic rings. The summed E-state index contributed by atoms with van der Waals surface area (Å²) in [5, 5.41) is 10.1. The van der Waals surface area contributed by atoms with Gasteiger partial charge < -0.3 is 14.4 Å². The zero-order valence-electron chi connectivity index (χ0n) is 13.2. The second-order valence-corrected chi connectivity index (χ2v) is 6.72. The molecule has 23 heavy (non-hydrogen) atoms. The SMILES string of the molecule is COCC1CN(c2nnc(Cc3ccccc3F)s2)CC(C)O1. The highest BCUT2D eigenvalue weighted by atomic mass is 32.1. The fourth-order valence-electron chi connectivity index (χ4n) is 2.73. The molecule has 2 heterocycles. The van der Waals surface area contributed by atoms with E-state index in [1.807, 2.05) is 13.0 Å². The predicted octanol–water partition coefficient (Wildman–Crippen LogP) is 2.51. The lowest BCUT2D eigenvalue weighted by atomic mass is 10.1. The van der Waals surface area contributed by atoms with E-state index >= 15 is 0 Å². The number of methoxy groups -OCH3 is 1. The Labute approximate surface area is 139 Å². The molecular formula is C16H20FN3O2S. The van der Waals surface area contributed by atoms with E-state index in [0.717, 1.165) is 23.2 Å². The van der Waals surface area contributed by atoms with Crippen molar-refractivity contribution < 1.29 is 13.9 Å². The third-order valence-electron chi connectivity index (χ3n) is 3.71. The maximum atomic E-state index is 13.7. The minimum Gasteiger partial charge on any atom is -0.382 e. The summed E-state index contributed by atoms with van der Waals surface area (Å²) in [5.41, 5.74) is 0.641. The molecule has 1 saturated heterocycles. The lowest BCUT2D eigenvalue weighted by molar-refractivity contribution is -0.0511. The summed E-state index contributed by atoms with van der Waals surface area (Å²) < 4.78 is 24.8. The van der Waals surface area contributed by atoms with Gasteiger partial charge in [0.2, 0.25) is 5.13 Å². The Hall–Kier alpha value is -1.57. The topological polar surface area (TPSA) is 47.5 Å². The predicted molar refractivity (Wildman–Crippen MR) is 87.5 cm³/mol. The molecule has 0 N–H and O–H groups in total. The average molecular weight is 337 g/mol. The number of halogens is 1. The molecule has 1 fully saturated rings. The smallest absolute Gasteiger partial charge is 0.208 e. The van der Waals surface area contributed by atoms with Crippen LogP contribution in [-0.4, -0.2) is 49.2 Å². The van der Waals surface area contributed by atoms with Crippen molar-refractivity contribution in [3.63, 3.8) is 0 Å². The van der Waals surface area contributed by atoms with E-state index in [2.05, 4.69) is 15.1 Å². The molecule has 7 heteroatoms. The van der Waals surface area contributed by atoms with E-state index in [9.17, 15) is 4.39 Å². The molecule has 2 unspecified atom stereocenters. The standard InChI is InChI=1S/C16H20FN3O2S/c1-11-8-20(9-13(22-11)10-21-2)16-19-18-15(23-16)7-12-5-3-4-6-14(12)17/h3-6,11,13H,7-10H2,1-2H3. The van der Waals surface area contributed by atoms with Crippen molar-refractivity contribution in [2.24, 2.45) is 0 Å². The van der Waals surface area contributed by atoms with Gasteiger partial charge >= 0.3 is 0 Å². The first-order valence-electron chi connectivity index (χ1n) is 7.61. The summed E-state index contributed by atoms with van der Waals surface area (Å²) in [4.78, 5) is 2.17. The number of rotatable bonds is 5. The van der Waals surface area contributed by atoms with Crippen molar-refractivity contribution >= 4 is 16.5 Å². The third kappa shape index (κ3) is 4.04. The van der Waals surface area contributed by atoms with Gasteiger partial charge in [0.15, 0.2) is 0 Å². The van der Waals surface area contributed by atoms with Crippen LogP contribution in [0.4, 0.5) is 9.52 Å². The molecular weight excluding hydrogens is 317 g/mol. The summed E-state index contributed by atoms with van der Waals surface area (Å²) in [6, 6.07) is 6.77. The summed E-state index contributed by atoms with van der Waals surface area (Å²) in [5.74, 6) is -0.204. The van der Waals surface area contributed by atoms with Gasteiger partial charge in [-0.25, -0.2) is 4.39 Å². The number of morpholine rings is 1. The Morgan fingerprint density at radius 2 is 2.17 bits per heavy atom. The molecule has 0 radical (unpaired) electrons. The van der Waals surface area contributed by atoms with Gasteiger partial charge in [-0.3, -0.25) is 0 Å². The molecule has 1 aliphatic rings. The summed E-state index contributed by atoms with van der Waals surface area (Å²) in [6.07, 6.45) is 0.608. The Morgan fingerprint density at radius 1 is 1.35 bits per heavy atom.